The van der Waals surface area contributed by atoms with Crippen LogP contribution in [0.4, 0.5) is 11.6 Å². The number of hydrogen-bond donors (Lipinski definition) is 2. The van der Waals surface area contributed by atoms with Crippen molar-refractivity contribution in [2.75, 3.05) is 24.2 Å². The highest BCUT2D eigenvalue weighted by atomic mass is 32.1. The molecule has 2 aromatic rings. The van der Waals surface area contributed by atoms with E-state index in [1.807, 2.05) is 30.8 Å². The Balaban J connectivity index is 1.85. The van der Waals surface area contributed by atoms with Gasteiger partial charge in [-0.2, -0.15) is 0 Å². The van der Waals surface area contributed by atoms with Gasteiger partial charge in [0.2, 0.25) is 0 Å². The van der Waals surface area contributed by atoms with Gasteiger partial charge in [-0.3, -0.25) is 0 Å². The molecular formula is C11H14N4S. The fraction of sp³-hybridized carbons (Fsp3) is 0.273. The lowest BCUT2D eigenvalue weighted by molar-refractivity contribution is 0.968. The number of nitrogens with zero attached hydrogens (tertiary/aromatic N) is 2. The molecular weight excluding hydrogens is 220 g/mol. The average Bonchev–Trinajstić information content (AvgIpc) is 2.82. The van der Waals surface area contributed by atoms with Crippen LogP contribution in [0.2, 0.25) is 0 Å². The van der Waals surface area contributed by atoms with E-state index < -0.39 is 0 Å². The standard InChI is InChI=1S/C11H14N4S/c1-12-10-3-2-4-11(15-10)13-6-5-9-7-16-8-14-9/h2-4,7-8H,5-6H2,1H3,(H2,12,13,15). The van der Waals surface area contributed by atoms with Crippen LogP contribution in [0.25, 0.3) is 0 Å². The average molecular weight is 234 g/mol. The van der Waals surface area contributed by atoms with E-state index in [1.54, 1.807) is 11.3 Å². The Morgan fingerprint density at radius 2 is 2.19 bits per heavy atom. The third-order valence-electron chi connectivity index (χ3n) is 2.18. The van der Waals surface area contributed by atoms with Gasteiger partial charge >= 0.3 is 0 Å². The third-order valence-corrected chi connectivity index (χ3v) is 2.81. The van der Waals surface area contributed by atoms with Crippen LogP contribution in [0, 0.1) is 0 Å². The van der Waals surface area contributed by atoms with Crippen molar-refractivity contribution >= 4 is 23.0 Å². The van der Waals surface area contributed by atoms with Gasteiger partial charge in [0.25, 0.3) is 0 Å². The van der Waals surface area contributed by atoms with Crippen molar-refractivity contribution in [2.24, 2.45) is 0 Å². The largest absolute Gasteiger partial charge is 0.373 e. The zero-order chi connectivity index (χ0) is 11.2. The van der Waals surface area contributed by atoms with Gasteiger partial charge in [0, 0.05) is 25.4 Å². The van der Waals surface area contributed by atoms with Crippen LogP contribution in [-0.2, 0) is 6.42 Å². The highest BCUT2D eigenvalue weighted by molar-refractivity contribution is 7.07. The van der Waals surface area contributed by atoms with Crippen molar-refractivity contribution in [1.82, 2.24) is 9.97 Å². The lowest BCUT2D eigenvalue weighted by Crippen LogP contribution is -2.07. The van der Waals surface area contributed by atoms with Crippen molar-refractivity contribution < 1.29 is 0 Å². The number of nitrogens with one attached hydrogen (secondary N) is 2. The monoisotopic (exact) mass is 234 g/mol. The maximum absolute atomic E-state index is 4.37. The fourth-order valence-corrected chi connectivity index (χ4v) is 1.94. The number of anilines is 2. The topological polar surface area (TPSA) is 49.8 Å². The Morgan fingerprint density at radius 1 is 1.31 bits per heavy atom. The fourth-order valence-electron chi connectivity index (χ4n) is 1.35. The molecule has 0 aliphatic rings. The number of thiazole rings is 1. The van der Waals surface area contributed by atoms with Crippen LogP contribution in [0.3, 0.4) is 0 Å². The van der Waals surface area contributed by atoms with Crippen molar-refractivity contribution in [3.63, 3.8) is 0 Å². The summed E-state index contributed by atoms with van der Waals surface area (Å²) in [5, 5.41) is 8.35. The van der Waals surface area contributed by atoms with E-state index in [2.05, 4.69) is 26.0 Å². The molecule has 4 nitrogen and oxygen atoms in total. The molecule has 0 aliphatic carbocycles. The SMILES string of the molecule is CNc1cccc(NCCc2cscn2)n1. The van der Waals surface area contributed by atoms with Crippen LogP contribution in [0.5, 0.6) is 0 Å². The van der Waals surface area contributed by atoms with Gasteiger partial charge in [-0.25, -0.2) is 9.97 Å². The van der Waals surface area contributed by atoms with Gasteiger partial charge in [0.1, 0.15) is 11.6 Å². The van der Waals surface area contributed by atoms with E-state index in [9.17, 15) is 0 Å². The van der Waals surface area contributed by atoms with Crippen molar-refractivity contribution in [1.29, 1.82) is 0 Å². The molecule has 5 heteroatoms. The molecule has 0 unspecified atom stereocenters. The predicted molar refractivity (Wildman–Crippen MR) is 68.1 cm³/mol. The molecule has 0 aromatic carbocycles. The first kappa shape index (κ1) is 10.9. The summed E-state index contributed by atoms with van der Waals surface area (Å²) in [6.45, 7) is 0.851. The minimum Gasteiger partial charge on any atom is -0.373 e. The molecule has 16 heavy (non-hydrogen) atoms. The second-order valence-corrected chi connectivity index (χ2v) is 4.03. The highest BCUT2D eigenvalue weighted by Gasteiger charge is 1.97. The maximum Gasteiger partial charge on any atom is 0.128 e. The molecule has 0 atom stereocenters. The Bertz CT molecular complexity index is 427. The van der Waals surface area contributed by atoms with E-state index in [4.69, 9.17) is 0 Å². The van der Waals surface area contributed by atoms with Crippen molar-refractivity contribution in [3.8, 4) is 0 Å². The van der Waals surface area contributed by atoms with Crippen LogP contribution in [-0.4, -0.2) is 23.6 Å². The van der Waals surface area contributed by atoms with Crippen molar-refractivity contribution in [2.45, 2.75) is 6.42 Å². The van der Waals surface area contributed by atoms with Gasteiger partial charge in [-0.05, 0) is 12.1 Å². The van der Waals surface area contributed by atoms with Crippen LogP contribution in [0.1, 0.15) is 5.69 Å². The summed E-state index contributed by atoms with van der Waals surface area (Å²) < 4.78 is 0. The zero-order valence-electron chi connectivity index (χ0n) is 9.10. The summed E-state index contributed by atoms with van der Waals surface area (Å²) in [6, 6.07) is 5.87. The smallest absolute Gasteiger partial charge is 0.128 e. The van der Waals surface area contributed by atoms with Crippen molar-refractivity contribution in [3.05, 3.63) is 34.8 Å². The lowest BCUT2D eigenvalue weighted by atomic mass is 10.3. The second-order valence-electron chi connectivity index (χ2n) is 3.31. The van der Waals surface area contributed by atoms with Crippen LogP contribution < -0.4 is 10.6 Å². The number of hydrogen-bond acceptors (Lipinski definition) is 5. The summed E-state index contributed by atoms with van der Waals surface area (Å²) in [6.07, 6.45) is 0.926. The molecule has 2 heterocycles. The molecule has 0 saturated carbocycles. The zero-order valence-corrected chi connectivity index (χ0v) is 9.92. The Hall–Kier alpha value is -1.62. The molecule has 0 bridgehead atoms. The molecule has 0 fully saturated rings. The van der Waals surface area contributed by atoms with Gasteiger partial charge in [-0.1, -0.05) is 6.07 Å². The molecule has 0 amide bonds. The number of rotatable bonds is 5. The molecule has 2 rings (SSSR count). The molecule has 84 valence electrons. The summed E-state index contributed by atoms with van der Waals surface area (Å²) in [7, 11) is 1.86. The molecule has 2 N–H and O–H groups in total. The van der Waals surface area contributed by atoms with Gasteiger partial charge in [-0.15, -0.1) is 11.3 Å². The van der Waals surface area contributed by atoms with Crippen LogP contribution >= 0.6 is 11.3 Å². The van der Waals surface area contributed by atoms with E-state index >= 15 is 0 Å². The lowest BCUT2D eigenvalue weighted by Gasteiger charge is -2.06. The maximum atomic E-state index is 4.37. The minimum atomic E-state index is 0.851. The summed E-state index contributed by atoms with van der Waals surface area (Å²) in [4.78, 5) is 8.60. The highest BCUT2D eigenvalue weighted by Crippen LogP contribution is 2.08. The molecule has 0 radical (unpaired) electrons. The Morgan fingerprint density at radius 3 is 2.94 bits per heavy atom. The second kappa shape index (κ2) is 5.46. The number of aromatic nitrogens is 2. The molecule has 0 aliphatic heterocycles. The molecule has 0 spiro atoms. The summed E-state index contributed by atoms with van der Waals surface area (Å²) in [5.41, 5.74) is 2.98. The first-order valence-electron chi connectivity index (χ1n) is 5.14. The Kier molecular flexibility index (Phi) is 3.71. The van der Waals surface area contributed by atoms with Crippen LogP contribution in [0.15, 0.2) is 29.1 Å². The first-order chi connectivity index (χ1) is 7.88. The molecule has 0 saturated heterocycles. The van der Waals surface area contributed by atoms with Gasteiger partial charge < -0.3 is 10.6 Å². The number of pyridine rings is 1. The van der Waals surface area contributed by atoms with Gasteiger partial charge in [0.15, 0.2) is 0 Å². The first-order valence-corrected chi connectivity index (χ1v) is 6.08. The quantitative estimate of drug-likeness (QED) is 0.833. The van der Waals surface area contributed by atoms with E-state index in [-0.39, 0.29) is 0 Å². The van der Waals surface area contributed by atoms with E-state index in [1.165, 1.54) is 0 Å². The Labute approximate surface area is 98.8 Å². The summed E-state index contributed by atoms with van der Waals surface area (Å²) in [5.74, 6) is 1.76. The predicted octanol–water partition coefficient (Wildman–Crippen LogP) is 2.23. The third kappa shape index (κ3) is 2.93. The molecule has 2 aromatic heterocycles. The van der Waals surface area contributed by atoms with E-state index in [0.717, 1.165) is 30.3 Å². The normalized spacial score (nSPS) is 10.1. The van der Waals surface area contributed by atoms with Gasteiger partial charge in [0.05, 0.1) is 11.2 Å². The minimum absolute atomic E-state index is 0.851. The van der Waals surface area contributed by atoms with E-state index in [0.29, 0.717) is 0 Å². The summed E-state index contributed by atoms with van der Waals surface area (Å²) >= 11 is 1.63.